The fourth-order valence-corrected chi connectivity index (χ4v) is 3.34. The van der Waals surface area contributed by atoms with Gasteiger partial charge in [0, 0.05) is 34.1 Å². The van der Waals surface area contributed by atoms with Gasteiger partial charge in [-0.1, -0.05) is 17.7 Å². The van der Waals surface area contributed by atoms with Gasteiger partial charge in [0.1, 0.15) is 0 Å². The number of nitrogens with one attached hydrogen (secondary N) is 3. The van der Waals surface area contributed by atoms with Gasteiger partial charge in [-0.3, -0.25) is 4.79 Å². The van der Waals surface area contributed by atoms with Crippen molar-refractivity contribution in [3.05, 3.63) is 83.9 Å². The number of hydrogen-bond donors (Lipinski definition) is 3. The number of rotatable bonds is 6. The van der Waals surface area contributed by atoms with Gasteiger partial charge < -0.3 is 20.4 Å². The number of benzene rings is 3. The molecule has 0 saturated heterocycles. The number of anilines is 2. The van der Waals surface area contributed by atoms with Crippen molar-refractivity contribution in [2.45, 2.75) is 25.8 Å². The molecule has 8 heteroatoms. The summed E-state index contributed by atoms with van der Waals surface area (Å²) in [5, 5.41) is 16.7. The van der Waals surface area contributed by atoms with Crippen molar-refractivity contribution in [1.29, 1.82) is 0 Å². The van der Waals surface area contributed by atoms with Gasteiger partial charge >= 0.3 is 6.03 Å². The summed E-state index contributed by atoms with van der Waals surface area (Å²) in [6.45, 7) is 2.02. The molecule has 1 saturated carbocycles. The zero-order valence-corrected chi connectivity index (χ0v) is 18.5. The molecule has 0 unspecified atom stereocenters. The Morgan fingerprint density at radius 3 is 1.85 bits per heavy atom. The molecule has 1 aromatic heterocycles. The van der Waals surface area contributed by atoms with Crippen LogP contribution in [0.5, 0.6) is 0 Å². The van der Waals surface area contributed by atoms with Crippen molar-refractivity contribution < 1.29 is 14.0 Å². The van der Waals surface area contributed by atoms with Crippen LogP contribution >= 0.6 is 0 Å². The van der Waals surface area contributed by atoms with E-state index in [0.29, 0.717) is 34.8 Å². The largest absolute Gasteiger partial charge is 0.416 e. The third-order valence-corrected chi connectivity index (χ3v) is 5.43. The van der Waals surface area contributed by atoms with E-state index in [-0.39, 0.29) is 11.9 Å². The van der Waals surface area contributed by atoms with E-state index >= 15 is 0 Å². The third kappa shape index (κ3) is 5.12. The van der Waals surface area contributed by atoms with Gasteiger partial charge in [-0.15, -0.1) is 10.2 Å². The number of aromatic nitrogens is 2. The number of hydrogen-bond acceptors (Lipinski definition) is 5. The van der Waals surface area contributed by atoms with E-state index in [2.05, 4.69) is 26.1 Å². The standard InChI is InChI=1S/C26H23N5O3/c1-16-2-4-18(5-3-16)24-30-31-25(34-24)19-8-6-17(7-9-19)23(32)27-20-10-12-21(13-11-20)28-26(33)29-22-14-15-22/h2-13,22H,14-15H2,1H3,(H,27,32)(H2,28,29,33). The van der Waals surface area contributed by atoms with Crippen LogP contribution < -0.4 is 16.0 Å². The zero-order valence-electron chi connectivity index (χ0n) is 18.5. The summed E-state index contributed by atoms with van der Waals surface area (Å²) >= 11 is 0. The average molecular weight is 454 g/mol. The number of aryl methyl sites for hydroxylation is 1. The Labute approximate surface area is 196 Å². The van der Waals surface area contributed by atoms with Crippen molar-refractivity contribution >= 4 is 23.3 Å². The number of carbonyl (C=O) groups is 2. The highest BCUT2D eigenvalue weighted by Gasteiger charge is 2.23. The molecule has 3 N–H and O–H groups in total. The Morgan fingerprint density at radius 1 is 0.765 bits per heavy atom. The summed E-state index contributed by atoms with van der Waals surface area (Å²) in [5.41, 5.74) is 4.51. The first-order valence-corrected chi connectivity index (χ1v) is 11.0. The van der Waals surface area contributed by atoms with Gasteiger partial charge in [-0.2, -0.15) is 0 Å². The fraction of sp³-hybridized carbons (Fsp3) is 0.154. The molecule has 34 heavy (non-hydrogen) atoms. The Kier molecular flexibility index (Phi) is 5.78. The monoisotopic (exact) mass is 453 g/mol. The lowest BCUT2D eigenvalue weighted by Crippen LogP contribution is -2.30. The maximum absolute atomic E-state index is 12.6. The lowest BCUT2D eigenvalue weighted by molar-refractivity contribution is 0.102. The van der Waals surface area contributed by atoms with E-state index in [9.17, 15) is 9.59 Å². The summed E-state index contributed by atoms with van der Waals surface area (Å²) in [6.07, 6.45) is 2.06. The molecule has 1 fully saturated rings. The van der Waals surface area contributed by atoms with Crippen molar-refractivity contribution in [2.75, 3.05) is 10.6 Å². The van der Waals surface area contributed by atoms with E-state index in [4.69, 9.17) is 4.42 Å². The second kappa shape index (κ2) is 9.19. The average Bonchev–Trinajstić information content (AvgIpc) is 3.52. The number of urea groups is 1. The molecule has 1 heterocycles. The molecule has 4 aromatic rings. The fourth-order valence-electron chi connectivity index (χ4n) is 3.34. The zero-order chi connectivity index (χ0) is 23.5. The second-order valence-corrected chi connectivity index (χ2v) is 8.26. The van der Waals surface area contributed by atoms with Gasteiger partial charge in [-0.25, -0.2) is 4.79 Å². The van der Waals surface area contributed by atoms with Crippen LogP contribution in [0.4, 0.5) is 16.2 Å². The van der Waals surface area contributed by atoms with Crippen LogP contribution in [-0.4, -0.2) is 28.2 Å². The number of amides is 3. The normalized spacial score (nSPS) is 12.7. The molecular formula is C26H23N5O3. The SMILES string of the molecule is Cc1ccc(-c2nnc(-c3ccc(C(=O)Nc4ccc(NC(=O)NC5CC5)cc4)cc3)o2)cc1. The van der Waals surface area contributed by atoms with E-state index < -0.39 is 0 Å². The summed E-state index contributed by atoms with van der Waals surface area (Å²) in [6, 6.07) is 21.8. The first kappa shape index (κ1) is 21.4. The first-order valence-electron chi connectivity index (χ1n) is 11.0. The molecule has 5 rings (SSSR count). The molecule has 170 valence electrons. The van der Waals surface area contributed by atoms with Crippen LogP contribution in [0.1, 0.15) is 28.8 Å². The topological polar surface area (TPSA) is 109 Å². The molecule has 0 bridgehead atoms. The molecule has 0 spiro atoms. The van der Waals surface area contributed by atoms with E-state index in [1.54, 1.807) is 48.5 Å². The van der Waals surface area contributed by atoms with Gasteiger partial charge in [0.2, 0.25) is 11.8 Å². The molecule has 0 aliphatic heterocycles. The smallest absolute Gasteiger partial charge is 0.319 e. The predicted octanol–water partition coefficient (Wildman–Crippen LogP) is 5.25. The predicted molar refractivity (Wildman–Crippen MR) is 129 cm³/mol. The minimum absolute atomic E-state index is 0.216. The van der Waals surface area contributed by atoms with E-state index in [0.717, 1.165) is 29.5 Å². The summed E-state index contributed by atoms with van der Waals surface area (Å²) in [7, 11) is 0. The van der Waals surface area contributed by atoms with Crippen LogP contribution in [-0.2, 0) is 0 Å². The Hall–Kier alpha value is -4.46. The van der Waals surface area contributed by atoms with Gasteiger partial charge in [-0.05, 0) is 80.4 Å². The molecule has 3 amide bonds. The lowest BCUT2D eigenvalue weighted by atomic mass is 10.1. The van der Waals surface area contributed by atoms with Gasteiger partial charge in [0.05, 0.1) is 0 Å². The molecule has 8 nitrogen and oxygen atoms in total. The van der Waals surface area contributed by atoms with Crippen LogP contribution in [0.25, 0.3) is 22.9 Å². The Bertz CT molecular complexity index is 1310. The number of nitrogens with zero attached hydrogens (tertiary/aromatic N) is 2. The summed E-state index contributed by atoms with van der Waals surface area (Å²) in [5.74, 6) is 0.584. The van der Waals surface area contributed by atoms with Crippen LogP contribution in [0, 0.1) is 6.92 Å². The first-order chi connectivity index (χ1) is 16.5. The van der Waals surface area contributed by atoms with Crippen LogP contribution in [0.3, 0.4) is 0 Å². The minimum atomic E-state index is -0.246. The van der Waals surface area contributed by atoms with Crippen molar-refractivity contribution in [1.82, 2.24) is 15.5 Å². The van der Waals surface area contributed by atoms with Crippen molar-refractivity contribution in [2.24, 2.45) is 0 Å². The van der Waals surface area contributed by atoms with Gasteiger partial charge in [0.25, 0.3) is 5.91 Å². The molecule has 1 aliphatic carbocycles. The third-order valence-electron chi connectivity index (χ3n) is 5.43. The quantitative estimate of drug-likeness (QED) is 0.369. The highest BCUT2D eigenvalue weighted by Crippen LogP contribution is 2.25. The summed E-state index contributed by atoms with van der Waals surface area (Å²) < 4.78 is 5.80. The van der Waals surface area contributed by atoms with E-state index in [1.165, 1.54) is 0 Å². The summed E-state index contributed by atoms with van der Waals surface area (Å²) in [4.78, 5) is 24.4. The second-order valence-electron chi connectivity index (χ2n) is 8.26. The van der Waals surface area contributed by atoms with Crippen molar-refractivity contribution in [3.8, 4) is 22.9 Å². The van der Waals surface area contributed by atoms with E-state index in [1.807, 2.05) is 31.2 Å². The van der Waals surface area contributed by atoms with Gasteiger partial charge in [0.15, 0.2) is 0 Å². The highest BCUT2D eigenvalue weighted by molar-refractivity contribution is 6.04. The molecule has 0 radical (unpaired) electrons. The maximum Gasteiger partial charge on any atom is 0.319 e. The molecule has 1 aliphatic rings. The highest BCUT2D eigenvalue weighted by atomic mass is 16.4. The lowest BCUT2D eigenvalue weighted by Gasteiger charge is -2.09. The van der Waals surface area contributed by atoms with Crippen LogP contribution in [0.2, 0.25) is 0 Å². The molecule has 0 atom stereocenters. The molecular weight excluding hydrogens is 430 g/mol. The Morgan fingerprint density at radius 2 is 1.29 bits per heavy atom. The maximum atomic E-state index is 12.6. The minimum Gasteiger partial charge on any atom is -0.416 e. The molecule has 3 aromatic carbocycles. The Balaban J connectivity index is 1.20. The van der Waals surface area contributed by atoms with Crippen LogP contribution in [0.15, 0.2) is 77.2 Å². The number of carbonyl (C=O) groups excluding carboxylic acids is 2. The van der Waals surface area contributed by atoms with Crippen molar-refractivity contribution in [3.63, 3.8) is 0 Å².